The average molecular weight is 611 g/mol. The van der Waals surface area contributed by atoms with Gasteiger partial charge in [0.1, 0.15) is 5.75 Å². The molecule has 1 aromatic rings. The first-order valence-corrected chi connectivity index (χ1v) is 19.1. The van der Waals surface area contributed by atoms with Crippen molar-refractivity contribution >= 4 is 6.08 Å². The van der Waals surface area contributed by atoms with Crippen LogP contribution in [0.5, 0.6) is 5.75 Å². The summed E-state index contributed by atoms with van der Waals surface area (Å²) in [5.74, 6) is -0.353. The van der Waals surface area contributed by atoms with Gasteiger partial charge in [0.05, 0.1) is 18.3 Å². The Morgan fingerprint density at radius 1 is 0.477 bits per heavy atom. The van der Waals surface area contributed by atoms with Gasteiger partial charge in [-0.15, -0.1) is 0 Å². The van der Waals surface area contributed by atoms with Crippen molar-refractivity contribution in [3.63, 3.8) is 0 Å². The van der Waals surface area contributed by atoms with Crippen molar-refractivity contribution in [2.75, 3.05) is 6.61 Å². The zero-order valence-corrected chi connectivity index (χ0v) is 28.3. The van der Waals surface area contributed by atoms with E-state index in [0.29, 0.717) is 0 Å². The largest absolute Gasteiger partial charge is 0.485 e. The number of benzene rings is 1. The molecule has 4 nitrogen and oxygen atoms in total. The van der Waals surface area contributed by atoms with Crippen LogP contribution in [0.25, 0.3) is 6.08 Å². The highest BCUT2D eigenvalue weighted by molar-refractivity contribution is 5.48. The third-order valence-electron chi connectivity index (χ3n) is 10.2. The lowest BCUT2D eigenvalue weighted by atomic mass is 9.98. The highest BCUT2D eigenvalue weighted by Gasteiger charge is 2.42. The van der Waals surface area contributed by atoms with E-state index in [9.17, 15) is 0 Å². The summed E-state index contributed by atoms with van der Waals surface area (Å²) in [7, 11) is 0. The second kappa shape index (κ2) is 21.4. The summed E-state index contributed by atoms with van der Waals surface area (Å²) in [6.07, 6.45) is 36.1. The summed E-state index contributed by atoms with van der Waals surface area (Å²) in [4.78, 5) is 0. The molecule has 3 aliphatic carbocycles. The molecule has 0 radical (unpaired) electrons. The van der Waals surface area contributed by atoms with E-state index in [1.165, 1.54) is 135 Å². The molecule has 0 atom stereocenters. The highest BCUT2D eigenvalue weighted by atomic mass is 16.9. The van der Waals surface area contributed by atoms with Gasteiger partial charge in [-0.1, -0.05) is 160 Å². The molecule has 3 fully saturated rings. The van der Waals surface area contributed by atoms with Gasteiger partial charge in [0, 0.05) is 0 Å². The van der Waals surface area contributed by atoms with Crippen LogP contribution in [0.3, 0.4) is 0 Å². The molecule has 0 amide bonds. The van der Waals surface area contributed by atoms with Gasteiger partial charge >= 0.3 is 5.97 Å². The van der Waals surface area contributed by atoms with Gasteiger partial charge in [-0.25, -0.2) is 0 Å². The summed E-state index contributed by atoms with van der Waals surface area (Å²) in [6, 6.07) is 8.21. The third kappa shape index (κ3) is 14.0. The van der Waals surface area contributed by atoms with Crippen LogP contribution in [0.4, 0.5) is 0 Å². The second-order valence-corrected chi connectivity index (χ2v) is 14.1. The maximum absolute atomic E-state index is 7.25. The maximum Gasteiger partial charge on any atom is 0.320 e. The fraction of sp³-hybridized carbons (Fsp3) is 0.800. The van der Waals surface area contributed by atoms with Gasteiger partial charge in [0.15, 0.2) is 6.61 Å². The molecule has 3 saturated carbocycles. The number of ether oxygens (including phenoxy) is 4. The predicted octanol–water partition coefficient (Wildman–Crippen LogP) is 12.1. The van der Waals surface area contributed by atoms with Crippen LogP contribution >= 0.6 is 0 Å². The Hall–Kier alpha value is -1.36. The van der Waals surface area contributed by atoms with Crippen molar-refractivity contribution in [1.29, 1.82) is 0 Å². The first-order valence-electron chi connectivity index (χ1n) is 19.1. The topological polar surface area (TPSA) is 36.9 Å². The van der Waals surface area contributed by atoms with Crippen molar-refractivity contribution in [3.8, 4) is 5.75 Å². The third-order valence-corrected chi connectivity index (χ3v) is 10.2. The molecule has 0 N–H and O–H groups in total. The van der Waals surface area contributed by atoms with E-state index in [4.69, 9.17) is 18.9 Å². The SMILES string of the molecule is C=Cc1ccc(OCC(OC2CCCCCCCCC2)(OC2CCCCCCCCC2)OC2CCCCCCCCC2)cc1. The van der Waals surface area contributed by atoms with Crippen LogP contribution in [0, 0.1) is 0 Å². The Balaban J connectivity index is 1.60. The molecule has 4 rings (SSSR count). The first kappa shape index (κ1) is 35.5. The van der Waals surface area contributed by atoms with Crippen molar-refractivity contribution in [2.24, 2.45) is 0 Å². The van der Waals surface area contributed by atoms with Gasteiger partial charge in [0.2, 0.25) is 0 Å². The van der Waals surface area contributed by atoms with Gasteiger partial charge < -0.3 is 18.9 Å². The summed E-state index contributed by atoms with van der Waals surface area (Å²) >= 11 is 0. The van der Waals surface area contributed by atoms with E-state index < -0.39 is 5.97 Å². The minimum absolute atomic E-state index is 0.138. The Morgan fingerprint density at radius 2 is 0.773 bits per heavy atom. The van der Waals surface area contributed by atoms with Crippen molar-refractivity contribution < 1.29 is 18.9 Å². The van der Waals surface area contributed by atoms with Crippen LogP contribution in [0.2, 0.25) is 0 Å². The fourth-order valence-electron chi connectivity index (χ4n) is 7.49. The fourth-order valence-corrected chi connectivity index (χ4v) is 7.49. The van der Waals surface area contributed by atoms with E-state index in [0.717, 1.165) is 49.8 Å². The van der Waals surface area contributed by atoms with Crippen molar-refractivity contribution in [2.45, 2.75) is 198 Å². The number of hydrogen-bond acceptors (Lipinski definition) is 4. The molecule has 0 saturated heterocycles. The summed E-state index contributed by atoms with van der Waals surface area (Å²) in [6.45, 7) is 4.19. The Bertz CT molecular complexity index is 767. The molecule has 250 valence electrons. The lowest BCUT2D eigenvalue weighted by Crippen LogP contribution is -2.51. The average Bonchev–Trinajstić information content (AvgIpc) is 3.05. The van der Waals surface area contributed by atoms with Crippen LogP contribution in [0.15, 0.2) is 30.8 Å². The van der Waals surface area contributed by atoms with Crippen LogP contribution in [-0.4, -0.2) is 30.9 Å². The second-order valence-electron chi connectivity index (χ2n) is 14.1. The smallest absolute Gasteiger partial charge is 0.320 e. The van der Waals surface area contributed by atoms with Crippen LogP contribution in [0.1, 0.15) is 179 Å². The summed E-state index contributed by atoms with van der Waals surface area (Å²) in [5.41, 5.74) is 1.09. The minimum atomic E-state index is -1.19. The van der Waals surface area contributed by atoms with E-state index in [-0.39, 0.29) is 24.9 Å². The molecule has 1 aromatic carbocycles. The van der Waals surface area contributed by atoms with Crippen LogP contribution < -0.4 is 4.74 Å². The normalized spacial score (nSPS) is 22.5. The maximum atomic E-state index is 7.25. The van der Waals surface area contributed by atoms with Gasteiger partial charge in [-0.2, -0.15) is 0 Å². The molecule has 0 spiro atoms. The molecular weight excluding hydrogens is 544 g/mol. The monoisotopic (exact) mass is 610 g/mol. The molecular formula is C40H66O4. The molecule has 0 aromatic heterocycles. The molecule has 0 bridgehead atoms. The van der Waals surface area contributed by atoms with Gasteiger partial charge in [0.25, 0.3) is 0 Å². The Morgan fingerprint density at radius 3 is 1.07 bits per heavy atom. The predicted molar refractivity (Wildman–Crippen MR) is 184 cm³/mol. The Kier molecular flexibility index (Phi) is 17.3. The lowest BCUT2D eigenvalue weighted by molar-refractivity contribution is -0.426. The van der Waals surface area contributed by atoms with Crippen molar-refractivity contribution in [1.82, 2.24) is 0 Å². The zero-order chi connectivity index (χ0) is 30.5. The number of rotatable bonds is 10. The van der Waals surface area contributed by atoms with Gasteiger partial charge in [-0.3, -0.25) is 0 Å². The summed E-state index contributed by atoms with van der Waals surface area (Å²) < 4.78 is 28.3. The quantitative estimate of drug-likeness (QED) is 0.247. The standard InChI is InChI=1S/C40H66O4/c1-2-35-30-32-36(33-31-35)41-34-40(42-37-24-18-12-6-3-7-13-19-25-37,43-38-26-20-14-8-4-9-15-21-27-38)44-39-28-22-16-10-5-11-17-23-29-39/h2,30-33,37-39H,1,3-29,34H2. The lowest BCUT2D eigenvalue weighted by Gasteiger charge is -2.41. The van der Waals surface area contributed by atoms with E-state index in [1.54, 1.807) is 0 Å². The minimum Gasteiger partial charge on any atom is -0.485 e. The van der Waals surface area contributed by atoms with E-state index >= 15 is 0 Å². The van der Waals surface area contributed by atoms with E-state index in [1.807, 2.05) is 18.2 Å². The molecule has 44 heavy (non-hydrogen) atoms. The highest BCUT2D eigenvalue weighted by Crippen LogP contribution is 2.34. The molecule has 4 heteroatoms. The molecule has 0 aliphatic heterocycles. The van der Waals surface area contributed by atoms with Crippen LogP contribution in [-0.2, 0) is 14.2 Å². The molecule has 0 unspecified atom stereocenters. The molecule has 0 heterocycles. The summed E-state index contributed by atoms with van der Waals surface area (Å²) in [5, 5.41) is 0. The first-order chi connectivity index (χ1) is 21.7. The van der Waals surface area contributed by atoms with E-state index in [2.05, 4.69) is 18.7 Å². The zero-order valence-electron chi connectivity index (χ0n) is 28.3. The van der Waals surface area contributed by atoms with Gasteiger partial charge in [-0.05, 0) is 56.2 Å². The number of hydrogen-bond donors (Lipinski definition) is 0. The Labute approximate surface area is 271 Å². The molecule has 3 aliphatic rings. The van der Waals surface area contributed by atoms with Crippen molar-refractivity contribution in [3.05, 3.63) is 36.4 Å².